The molecule has 3 nitrogen and oxygen atoms in total. The summed E-state index contributed by atoms with van der Waals surface area (Å²) in [4.78, 5) is 11.9. The van der Waals surface area contributed by atoms with Crippen molar-refractivity contribution in [2.24, 2.45) is 0 Å². The van der Waals surface area contributed by atoms with Gasteiger partial charge in [-0.05, 0) is 37.3 Å². The number of hydrogen-bond acceptors (Lipinski definition) is 2. The summed E-state index contributed by atoms with van der Waals surface area (Å²) in [7, 11) is 0. The summed E-state index contributed by atoms with van der Waals surface area (Å²) in [5.74, 6) is -2.05. The summed E-state index contributed by atoms with van der Waals surface area (Å²) in [6.07, 6.45) is -0.823. The number of halogens is 3. The highest BCUT2D eigenvalue weighted by Crippen LogP contribution is 2.19. The molecule has 0 bridgehead atoms. The number of carbonyl (C=O) groups is 1. The first-order valence-corrected chi connectivity index (χ1v) is 6.51. The summed E-state index contributed by atoms with van der Waals surface area (Å²) < 4.78 is 31.3. The van der Waals surface area contributed by atoms with Gasteiger partial charge in [0.25, 0.3) is 5.91 Å². The van der Waals surface area contributed by atoms with Crippen LogP contribution in [0.25, 0.3) is 0 Å². The maximum absolute atomic E-state index is 13.0. The molecule has 21 heavy (non-hydrogen) atoms. The molecule has 1 atom stereocenters. The Balaban J connectivity index is 2.00. The number of rotatable bonds is 4. The van der Waals surface area contributed by atoms with Crippen molar-refractivity contribution in [3.05, 3.63) is 59.1 Å². The Morgan fingerprint density at radius 3 is 2.62 bits per heavy atom. The Bertz CT molecular complexity index is 664. The van der Waals surface area contributed by atoms with Crippen molar-refractivity contribution >= 4 is 23.2 Å². The van der Waals surface area contributed by atoms with Gasteiger partial charge in [0, 0.05) is 16.8 Å². The molecule has 1 amide bonds. The van der Waals surface area contributed by atoms with E-state index >= 15 is 0 Å². The second-order valence-electron chi connectivity index (χ2n) is 4.34. The van der Waals surface area contributed by atoms with Gasteiger partial charge in [-0.2, -0.15) is 0 Å². The van der Waals surface area contributed by atoms with Gasteiger partial charge >= 0.3 is 0 Å². The Morgan fingerprint density at radius 2 is 1.95 bits per heavy atom. The lowest BCUT2D eigenvalue weighted by Crippen LogP contribution is -2.30. The van der Waals surface area contributed by atoms with Gasteiger partial charge < -0.3 is 10.1 Å². The minimum atomic E-state index is -1.03. The molecular weight excluding hydrogens is 300 g/mol. The zero-order valence-electron chi connectivity index (χ0n) is 11.1. The highest BCUT2D eigenvalue weighted by atomic mass is 35.5. The van der Waals surface area contributed by atoms with E-state index in [1.807, 2.05) is 0 Å². The normalized spacial score (nSPS) is 11.8. The Morgan fingerprint density at radius 1 is 1.19 bits per heavy atom. The van der Waals surface area contributed by atoms with Crippen molar-refractivity contribution in [3.63, 3.8) is 0 Å². The largest absolute Gasteiger partial charge is 0.481 e. The molecule has 0 unspecified atom stereocenters. The highest BCUT2D eigenvalue weighted by Gasteiger charge is 2.15. The lowest BCUT2D eigenvalue weighted by atomic mass is 10.2. The molecule has 0 aliphatic heterocycles. The predicted octanol–water partition coefficient (Wildman–Crippen LogP) is 4.02. The minimum Gasteiger partial charge on any atom is -0.481 e. The predicted molar refractivity (Wildman–Crippen MR) is 76.5 cm³/mol. The van der Waals surface area contributed by atoms with Crippen LogP contribution in [0.2, 0.25) is 5.02 Å². The number of carbonyl (C=O) groups excluding carboxylic acids is 1. The summed E-state index contributed by atoms with van der Waals surface area (Å²) in [6, 6.07) is 9.71. The van der Waals surface area contributed by atoms with Gasteiger partial charge in [-0.25, -0.2) is 8.78 Å². The zero-order valence-corrected chi connectivity index (χ0v) is 11.8. The standard InChI is InChI=1S/C15H12ClF2NO2/c1-9(21-12-4-2-3-10(16)7-12)15(20)19-11-5-6-13(17)14(18)8-11/h2-9H,1H3,(H,19,20)/t9-/m0/s1. The van der Waals surface area contributed by atoms with E-state index in [-0.39, 0.29) is 5.69 Å². The SMILES string of the molecule is C[C@H](Oc1cccc(Cl)c1)C(=O)Nc1ccc(F)c(F)c1. The van der Waals surface area contributed by atoms with Crippen LogP contribution in [0.4, 0.5) is 14.5 Å². The average molecular weight is 312 g/mol. The second-order valence-corrected chi connectivity index (χ2v) is 4.77. The first-order chi connectivity index (χ1) is 9.95. The molecule has 0 aliphatic carbocycles. The quantitative estimate of drug-likeness (QED) is 0.926. The molecule has 2 aromatic carbocycles. The van der Waals surface area contributed by atoms with Crippen molar-refractivity contribution in [2.45, 2.75) is 13.0 Å². The lowest BCUT2D eigenvalue weighted by molar-refractivity contribution is -0.122. The number of ether oxygens (including phenoxy) is 1. The molecule has 2 rings (SSSR count). The fourth-order valence-corrected chi connectivity index (χ4v) is 1.80. The topological polar surface area (TPSA) is 38.3 Å². The maximum atomic E-state index is 13.0. The molecule has 2 aromatic rings. The van der Waals surface area contributed by atoms with Crippen LogP contribution in [-0.4, -0.2) is 12.0 Å². The van der Waals surface area contributed by atoms with E-state index in [0.717, 1.165) is 12.1 Å². The zero-order chi connectivity index (χ0) is 15.4. The number of anilines is 1. The third-order valence-electron chi connectivity index (χ3n) is 2.67. The summed E-state index contributed by atoms with van der Waals surface area (Å²) in [6.45, 7) is 1.54. The first kappa shape index (κ1) is 15.3. The van der Waals surface area contributed by atoms with Gasteiger partial charge in [-0.3, -0.25) is 4.79 Å². The van der Waals surface area contributed by atoms with Crippen LogP contribution in [0.1, 0.15) is 6.92 Å². The van der Waals surface area contributed by atoms with Crippen LogP contribution in [0.15, 0.2) is 42.5 Å². The lowest BCUT2D eigenvalue weighted by Gasteiger charge is -2.15. The average Bonchev–Trinajstić information content (AvgIpc) is 2.43. The van der Waals surface area contributed by atoms with Gasteiger partial charge in [0.15, 0.2) is 17.7 Å². The van der Waals surface area contributed by atoms with Crippen molar-refractivity contribution < 1.29 is 18.3 Å². The van der Waals surface area contributed by atoms with Crippen molar-refractivity contribution in [1.82, 2.24) is 0 Å². The molecule has 6 heteroatoms. The van der Waals surface area contributed by atoms with Crippen LogP contribution in [-0.2, 0) is 4.79 Å². The van der Waals surface area contributed by atoms with E-state index < -0.39 is 23.6 Å². The summed E-state index contributed by atoms with van der Waals surface area (Å²) in [5.41, 5.74) is 0.153. The molecule has 0 heterocycles. The van der Waals surface area contributed by atoms with E-state index in [2.05, 4.69) is 5.32 Å². The van der Waals surface area contributed by atoms with Gasteiger partial charge in [0.05, 0.1) is 0 Å². The molecule has 0 saturated carbocycles. The molecule has 0 fully saturated rings. The summed E-state index contributed by atoms with van der Waals surface area (Å²) in [5, 5.41) is 2.93. The van der Waals surface area contributed by atoms with Crippen molar-refractivity contribution in [1.29, 1.82) is 0 Å². The Kier molecular flexibility index (Phi) is 4.75. The third kappa shape index (κ3) is 4.16. The van der Waals surface area contributed by atoms with Gasteiger partial charge in [0.1, 0.15) is 5.75 Å². The number of hydrogen-bond donors (Lipinski definition) is 1. The highest BCUT2D eigenvalue weighted by molar-refractivity contribution is 6.30. The molecule has 0 aromatic heterocycles. The molecular formula is C15H12ClF2NO2. The van der Waals surface area contributed by atoms with Crippen LogP contribution in [0.5, 0.6) is 5.75 Å². The number of amides is 1. The van der Waals surface area contributed by atoms with Crippen LogP contribution >= 0.6 is 11.6 Å². The van der Waals surface area contributed by atoms with E-state index in [9.17, 15) is 13.6 Å². The Labute approximate surface area is 125 Å². The maximum Gasteiger partial charge on any atom is 0.265 e. The van der Waals surface area contributed by atoms with Gasteiger partial charge in [-0.1, -0.05) is 17.7 Å². The molecule has 110 valence electrons. The minimum absolute atomic E-state index is 0.153. The van der Waals surface area contributed by atoms with Crippen LogP contribution < -0.4 is 10.1 Å². The van der Waals surface area contributed by atoms with E-state index in [4.69, 9.17) is 16.3 Å². The van der Waals surface area contributed by atoms with Crippen molar-refractivity contribution in [3.8, 4) is 5.75 Å². The Hall–Kier alpha value is -2.14. The molecule has 1 N–H and O–H groups in total. The van der Waals surface area contributed by atoms with E-state index in [1.54, 1.807) is 24.3 Å². The molecule has 0 radical (unpaired) electrons. The number of benzene rings is 2. The fraction of sp³-hybridized carbons (Fsp3) is 0.133. The molecule has 0 saturated heterocycles. The fourth-order valence-electron chi connectivity index (χ4n) is 1.62. The summed E-state index contributed by atoms with van der Waals surface area (Å²) >= 11 is 5.81. The monoisotopic (exact) mass is 311 g/mol. The molecule has 0 spiro atoms. The van der Waals surface area contributed by atoms with Crippen LogP contribution in [0, 0.1) is 11.6 Å². The first-order valence-electron chi connectivity index (χ1n) is 6.14. The van der Waals surface area contributed by atoms with E-state index in [1.165, 1.54) is 13.0 Å². The third-order valence-corrected chi connectivity index (χ3v) is 2.90. The van der Waals surface area contributed by atoms with Gasteiger partial charge in [-0.15, -0.1) is 0 Å². The van der Waals surface area contributed by atoms with Crippen molar-refractivity contribution in [2.75, 3.05) is 5.32 Å². The smallest absolute Gasteiger partial charge is 0.265 e. The van der Waals surface area contributed by atoms with Crippen LogP contribution in [0.3, 0.4) is 0 Å². The molecule has 0 aliphatic rings. The number of nitrogens with one attached hydrogen (secondary N) is 1. The second kappa shape index (κ2) is 6.54. The van der Waals surface area contributed by atoms with Gasteiger partial charge in [0.2, 0.25) is 0 Å². The van der Waals surface area contributed by atoms with E-state index in [0.29, 0.717) is 10.8 Å².